The maximum Gasteiger partial charge on any atom is 0.254 e. The van der Waals surface area contributed by atoms with Crippen LogP contribution < -0.4 is 10.1 Å². The van der Waals surface area contributed by atoms with E-state index in [9.17, 15) is 9.59 Å². The van der Waals surface area contributed by atoms with Crippen LogP contribution in [-0.4, -0.2) is 36.9 Å². The fraction of sp³-hybridized carbons (Fsp3) is 0.250. The average Bonchev–Trinajstić information content (AvgIpc) is 2.65. The molecule has 0 atom stereocenters. The van der Waals surface area contributed by atoms with Gasteiger partial charge in [-0.25, -0.2) is 0 Å². The average molecular weight is 351 g/mol. The highest BCUT2D eigenvalue weighted by atomic mass is 16.5. The molecule has 6 heteroatoms. The molecule has 2 amide bonds. The molecular formula is C20H21N3O3. The minimum atomic E-state index is -0.293. The second-order valence-electron chi connectivity index (χ2n) is 5.71. The molecule has 0 radical (unpaired) electrons. The Hall–Kier alpha value is -3.33. The number of ether oxygens (including phenoxy) is 1. The number of hydrogen-bond donors (Lipinski definition) is 1. The van der Waals surface area contributed by atoms with Gasteiger partial charge in [0, 0.05) is 30.8 Å². The van der Waals surface area contributed by atoms with E-state index in [1.54, 1.807) is 55.6 Å². The van der Waals surface area contributed by atoms with Gasteiger partial charge in [0.2, 0.25) is 5.91 Å². The fourth-order valence-electron chi connectivity index (χ4n) is 2.29. The number of likely N-dealkylation sites (N-methyl/N-ethyl adjacent to an activating group) is 1. The zero-order valence-corrected chi connectivity index (χ0v) is 14.6. The Kier molecular flexibility index (Phi) is 7.19. The van der Waals surface area contributed by atoms with Crippen molar-refractivity contribution in [2.75, 3.05) is 25.5 Å². The lowest BCUT2D eigenvalue weighted by atomic mass is 10.2. The Morgan fingerprint density at radius 3 is 2.65 bits per heavy atom. The van der Waals surface area contributed by atoms with Gasteiger partial charge in [-0.3, -0.25) is 9.59 Å². The molecule has 0 aliphatic carbocycles. The molecule has 0 spiro atoms. The van der Waals surface area contributed by atoms with Crippen molar-refractivity contribution in [2.24, 2.45) is 0 Å². The van der Waals surface area contributed by atoms with Crippen LogP contribution in [0, 0.1) is 11.3 Å². The lowest BCUT2D eigenvalue weighted by Crippen LogP contribution is -2.34. The van der Waals surface area contributed by atoms with Crippen LogP contribution in [0.4, 0.5) is 5.69 Å². The van der Waals surface area contributed by atoms with Gasteiger partial charge in [0.05, 0.1) is 19.2 Å². The van der Waals surface area contributed by atoms with Crippen LogP contribution in [0.15, 0.2) is 54.6 Å². The van der Waals surface area contributed by atoms with Crippen molar-refractivity contribution in [3.8, 4) is 11.8 Å². The van der Waals surface area contributed by atoms with Crippen LogP contribution in [-0.2, 0) is 4.79 Å². The normalized spacial score (nSPS) is 9.85. The summed E-state index contributed by atoms with van der Waals surface area (Å²) in [5.41, 5.74) is 1.13. The number of nitrogens with zero attached hydrogens (tertiary/aromatic N) is 2. The Morgan fingerprint density at radius 2 is 1.92 bits per heavy atom. The number of nitriles is 1. The summed E-state index contributed by atoms with van der Waals surface area (Å²) >= 11 is 0. The number of amides is 2. The van der Waals surface area contributed by atoms with Crippen molar-refractivity contribution in [1.29, 1.82) is 5.26 Å². The topological polar surface area (TPSA) is 82.4 Å². The fourth-order valence-corrected chi connectivity index (χ4v) is 2.29. The molecule has 0 saturated heterocycles. The van der Waals surface area contributed by atoms with Crippen molar-refractivity contribution in [1.82, 2.24) is 4.90 Å². The Morgan fingerprint density at radius 1 is 1.15 bits per heavy atom. The van der Waals surface area contributed by atoms with Crippen molar-refractivity contribution < 1.29 is 14.3 Å². The van der Waals surface area contributed by atoms with Gasteiger partial charge < -0.3 is 15.0 Å². The van der Waals surface area contributed by atoms with Crippen molar-refractivity contribution in [2.45, 2.75) is 12.8 Å². The summed E-state index contributed by atoms with van der Waals surface area (Å²) in [4.78, 5) is 25.8. The third-order valence-electron chi connectivity index (χ3n) is 3.57. The van der Waals surface area contributed by atoms with Gasteiger partial charge in [0.1, 0.15) is 5.75 Å². The zero-order chi connectivity index (χ0) is 18.8. The molecular weight excluding hydrogens is 330 g/mol. The number of rotatable bonds is 8. The lowest BCUT2D eigenvalue weighted by molar-refractivity contribution is -0.116. The molecule has 0 heterocycles. The van der Waals surface area contributed by atoms with Gasteiger partial charge in [0.15, 0.2) is 0 Å². The smallest absolute Gasteiger partial charge is 0.254 e. The van der Waals surface area contributed by atoms with Gasteiger partial charge in [-0.05, 0) is 30.7 Å². The predicted molar refractivity (Wildman–Crippen MR) is 98.8 cm³/mol. The first-order chi connectivity index (χ1) is 12.6. The highest BCUT2D eigenvalue weighted by Crippen LogP contribution is 2.17. The third kappa shape index (κ3) is 5.95. The summed E-state index contributed by atoms with van der Waals surface area (Å²) in [5.74, 6) is 0.114. The summed E-state index contributed by atoms with van der Waals surface area (Å²) in [6.45, 7) is 0.389. The molecule has 1 N–H and O–H groups in total. The molecule has 26 heavy (non-hydrogen) atoms. The number of nitrogens with one attached hydrogen (secondary N) is 1. The largest absolute Gasteiger partial charge is 0.493 e. The molecule has 0 aliphatic heterocycles. The molecule has 0 aliphatic rings. The summed E-state index contributed by atoms with van der Waals surface area (Å²) < 4.78 is 5.54. The van der Waals surface area contributed by atoms with Gasteiger partial charge in [-0.1, -0.05) is 24.3 Å². The van der Waals surface area contributed by atoms with Gasteiger partial charge in [0.25, 0.3) is 5.91 Å². The highest BCUT2D eigenvalue weighted by molar-refractivity contribution is 5.99. The maximum atomic E-state index is 12.3. The van der Waals surface area contributed by atoms with Crippen LogP contribution >= 0.6 is 0 Å². The number of benzene rings is 2. The number of anilines is 1. The van der Waals surface area contributed by atoms with E-state index < -0.39 is 0 Å². The summed E-state index contributed by atoms with van der Waals surface area (Å²) in [7, 11) is 1.59. The minimum absolute atomic E-state index is 0.0546. The summed E-state index contributed by atoms with van der Waals surface area (Å²) in [5, 5.41) is 11.3. The van der Waals surface area contributed by atoms with E-state index in [0.717, 1.165) is 0 Å². The Bertz CT molecular complexity index is 784. The first kappa shape index (κ1) is 19.0. The molecule has 2 rings (SSSR count). The van der Waals surface area contributed by atoms with E-state index in [0.29, 0.717) is 36.4 Å². The lowest BCUT2D eigenvalue weighted by Gasteiger charge is -2.17. The molecule has 134 valence electrons. The Balaban J connectivity index is 1.87. The van der Waals surface area contributed by atoms with Gasteiger partial charge in [-0.15, -0.1) is 0 Å². The van der Waals surface area contributed by atoms with Crippen molar-refractivity contribution in [3.05, 3.63) is 60.2 Å². The van der Waals surface area contributed by atoms with E-state index >= 15 is 0 Å². The molecule has 0 aromatic heterocycles. The molecule has 2 aromatic carbocycles. The quantitative estimate of drug-likeness (QED) is 0.741. The van der Waals surface area contributed by atoms with Gasteiger partial charge >= 0.3 is 0 Å². The van der Waals surface area contributed by atoms with Crippen LogP contribution in [0.3, 0.4) is 0 Å². The number of hydrogen-bond acceptors (Lipinski definition) is 4. The number of unbranched alkanes of at least 4 members (excludes halogenated alkanes) is 1. The zero-order valence-electron chi connectivity index (χ0n) is 14.6. The second kappa shape index (κ2) is 9.84. The van der Waals surface area contributed by atoms with Crippen molar-refractivity contribution in [3.63, 3.8) is 0 Å². The number of carbonyl (C=O) groups is 2. The second-order valence-corrected chi connectivity index (χ2v) is 5.71. The molecule has 2 aromatic rings. The number of carbonyl (C=O) groups excluding carboxylic acids is 2. The van der Waals surface area contributed by atoms with Crippen LogP contribution in [0.1, 0.15) is 23.2 Å². The molecule has 6 nitrogen and oxygen atoms in total. The van der Waals surface area contributed by atoms with E-state index in [1.165, 1.54) is 4.90 Å². The third-order valence-corrected chi connectivity index (χ3v) is 3.57. The Labute approximate surface area is 153 Å². The van der Waals surface area contributed by atoms with E-state index in [-0.39, 0.29) is 18.4 Å². The summed E-state index contributed by atoms with van der Waals surface area (Å²) in [6.07, 6.45) is 1.09. The molecule has 0 bridgehead atoms. The first-order valence-corrected chi connectivity index (χ1v) is 8.30. The predicted octanol–water partition coefficient (Wildman–Crippen LogP) is 3.08. The molecule has 0 unspecified atom stereocenters. The van der Waals surface area contributed by atoms with Crippen LogP contribution in [0.5, 0.6) is 5.75 Å². The van der Waals surface area contributed by atoms with Crippen molar-refractivity contribution >= 4 is 17.5 Å². The standard InChI is InChI=1S/C20H21N3O3/c1-23(20(25)16-8-3-2-4-9-16)15-19(24)22-17-10-7-11-18(14-17)26-13-6-5-12-21/h2-4,7-11,14H,5-6,13,15H2,1H3,(H,22,24). The highest BCUT2D eigenvalue weighted by Gasteiger charge is 2.14. The van der Waals surface area contributed by atoms with Crippen LogP contribution in [0.25, 0.3) is 0 Å². The van der Waals surface area contributed by atoms with E-state index in [2.05, 4.69) is 11.4 Å². The van der Waals surface area contributed by atoms with Gasteiger partial charge in [-0.2, -0.15) is 5.26 Å². The SMILES string of the molecule is CN(CC(=O)Nc1cccc(OCCCC#N)c1)C(=O)c1ccccc1. The van der Waals surface area contributed by atoms with E-state index in [4.69, 9.17) is 10.00 Å². The van der Waals surface area contributed by atoms with Crippen LogP contribution in [0.2, 0.25) is 0 Å². The monoisotopic (exact) mass is 351 g/mol. The molecule has 0 saturated carbocycles. The first-order valence-electron chi connectivity index (χ1n) is 8.30. The van der Waals surface area contributed by atoms with E-state index in [1.807, 2.05) is 6.07 Å². The molecule has 0 fully saturated rings. The minimum Gasteiger partial charge on any atom is -0.493 e. The summed E-state index contributed by atoms with van der Waals surface area (Å²) in [6, 6.07) is 17.9. The maximum absolute atomic E-state index is 12.3.